The van der Waals surface area contributed by atoms with E-state index in [1.165, 1.54) is 23.8 Å². The molecular formula is C15H13N3OS. The number of anilines is 1. The van der Waals surface area contributed by atoms with Gasteiger partial charge in [-0.15, -0.1) is 0 Å². The SMILES string of the molecule is CC(=O)Nc1nc2ccc(-c3cnccc3C)cc2s1. The zero-order valence-corrected chi connectivity index (χ0v) is 12.0. The van der Waals surface area contributed by atoms with E-state index in [9.17, 15) is 4.79 Å². The van der Waals surface area contributed by atoms with E-state index >= 15 is 0 Å². The van der Waals surface area contributed by atoms with Crippen molar-refractivity contribution in [2.75, 3.05) is 5.32 Å². The quantitative estimate of drug-likeness (QED) is 0.781. The number of benzene rings is 1. The molecule has 4 nitrogen and oxygen atoms in total. The number of nitrogens with zero attached hydrogens (tertiary/aromatic N) is 2. The summed E-state index contributed by atoms with van der Waals surface area (Å²) < 4.78 is 1.05. The molecule has 0 saturated heterocycles. The van der Waals surface area contributed by atoms with Crippen LogP contribution < -0.4 is 5.32 Å². The zero-order valence-electron chi connectivity index (χ0n) is 11.2. The fourth-order valence-corrected chi connectivity index (χ4v) is 3.01. The van der Waals surface area contributed by atoms with Gasteiger partial charge in [-0.25, -0.2) is 4.98 Å². The molecule has 2 heterocycles. The number of thiazole rings is 1. The first-order valence-corrected chi connectivity index (χ1v) is 7.04. The molecule has 0 aliphatic heterocycles. The number of rotatable bonds is 2. The predicted molar refractivity (Wildman–Crippen MR) is 81.9 cm³/mol. The van der Waals surface area contributed by atoms with Crippen molar-refractivity contribution in [3.8, 4) is 11.1 Å². The van der Waals surface area contributed by atoms with Crippen LogP contribution in [-0.4, -0.2) is 15.9 Å². The minimum atomic E-state index is -0.104. The molecule has 0 bridgehead atoms. The molecule has 0 saturated carbocycles. The van der Waals surface area contributed by atoms with Gasteiger partial charge in [0.1, 0.15) is 0 Å². The van der Waals surface area contributed by atoms with Crippen molar-refractivity contribution in [3.63, 3.8) is 0 Å². The average Bonchev–Trinajstić information content (AvgIpc) is 2.79. The third-order valence-corrected chi connectivity index (χ3v) is 3.96. The van der Waals surface area contributed by atoms with Crippen LogP contribution in [0, 0.1) is 6.92 Å². The van der Waals surface area contributed by atoms with Gasteiger partial charge < -0.3 is 5.32 Å². The van der Waals surface area contributed by atoms with E-state index < -0.39 is 0 Å². The van der Waals surface area contributed by atoms with Crippen LogP contribution in [0.5, 0.6) is 0 Å². The molecule has 0 spiro atoms. The largest absolute Gasteiger partial charge is 0.302 e. The van der Waals surface area contributed by atoms with Crippen molar-refractivity contribution in [2.45, 2.75) is 13.8 Å². The van der Waals surface area contributed by atoms with Gasteiger partial charge in [-0.3, -0.25) is 9.78 Å². The Bertz CT molecular complexity index is 795. The number of aromatic nitrogens is 2. The van der Waals surface area contributed by atoms with Gasteiger partial charge in [0.2, 0.25) is 5.91 Å². The number of aryl methyl sites for hydroxylation is 1. The lowest BCUT2D eigenvalue weighted by atomic mass is 10.0. The van der Waals surface area contributed by atoms with Crippen molar-refractivity contribution < 1.29 is 4.79 Å². The highest BCUT2D eigenvalue weighted by atomic mass is 32.1. The highest BCUT2D eigenvalue weighted by molar-refractivity contribution is 7.22. The highest BCUT2D eigenvalue weighted by Crippen LogP contribution is 2.31. The van der Waals surface area contributed by atoms with Crippen LogP contribution in [0.15, 0.2) is 36.7 Å². The van der Waals surface area contributed by atoms with Crippen LogP contribution in [0.4, 0.5) is 5.13 Å². The second-order valence-corrected chi connectivity index (χ2v) is 5.60. The number of carbonyl (C=O) groups is 1. The molecule has 0 fully saturated rings. The van der Waals surface area contributed by atoms with Gasteiger partial charge in [-0.05, 0) is 36.2 Å². The minimum Gasteiger partial charge on any atom is -0.302 e. The second kappa shape index (κ2) is 5.02. The van der Waals surface area contributed by atoms with Crippen LogP contribution in [-0.2, 0) is 4.79 Å². The molecule has 0 atom stereocenters. The summed E-state index contributed by atoms with van der Waals surface area (Å²) in [7, 11) is 0. The maximum Gasteiger partial charge on any atom is 0.223 e. The molecule has 20 heavy (non-hydrogen) atoms. The van der Waals surface area contributed by atoms with Crippen molar-refractivity contribution >= 4 is 32.6 Å². The lowest BCUT2D eigenvalue weighted by Gasteiger charge is -2.04. The Balaban J connectivity index is 2.07. The topological polar surface area (TPSA) is 54.9 Å². The standard InChI is InChI=1S/C15H13N3OS/c1-9-5-6-16-8-12(9)11-3-4-13-14(7-11)20-15(18-13)17-10(2)19/h3-8H,1-2H3,(H,17,18,19). The van der Waals surface area contributed by atoms with E-state index in [4.69, 9.17) is 0 Å². The first-order chi connectivity index (χ1) is 9.63. The lowest BCUT2D eigenvalue weighted by molar-refractivity contribution is -0.114. The number of nitrogens with one attached hydrogen (secondary N) is 1. The molecule has 3 aromatic rings. The van der Waals surface area contributed by atoms with E-state index in [1.54, 1.807) is 6.20 Å². The Hall–Kier alpha value is -2.27. The number of hydrogen-bond acceptors (Lipinski definition) is 4. The van der Waals surface area contributed by atoms with Gasteiger partial charge in [-0.1, -0.05) is 17.4 Å². The highest BCUT2D eigenvalue weighted by Gasteiger charge is 2.08. The maximum absolute atomic E-state index is 11.1. The van der Waals surface area contributed by atoms with E-state index in [-0.39, 0.29) is 5.91 Å². The average molecular weight is 283 g/mol. The van der Waals surface area contributed by atoms with E-state index in [1.807, 2.05) is 24.4 Å². The summed E-state index contributed by atoms with van der Waals surface area (Å²) in [5, 5.41) is 3.35. The predicted octanol–water partition coefficient (Wildman–Crippen LogP) is 3.63. The van der Waals surface area contributed by atoms with Crippen molar-refractivity contribution in [1.29, 1.82) is 0 Å². The normalized spacial score (nSPS) is 10.7. The molecule has 0 unspecified atom stereocenters. The van der Waals surface area contributed by atoms with Crippen LogP contribution in [0.1, 0.15) is 12.5 Å². The summed E-state index contributed by atoms with van der Waals surface area (Å²) in [6.45, 7) is 3.55. The van der Waals surface area contributed by atoms with Gasteiger partial charge in [0.15, 0.2) is 5.13 Å². The molecule has 1 aromatic carbocycles. The van der Waals surface area contributed by atoms with Crippen LogP contribution >= 0.6 is 11.3 Å². The van der Waals surface area contributed by atoms with Crippen molar-refractivity contribution in [1.82, 2.24) is 9.97 Å². The monoisotopic (exact) mass is 283 g/mol. The number of hydrogen-bond donors (Lipinski definition) is 1. The molecule has 0 aliphatic rings. The maximum atomic E-state index is 11.1. The molecule has 0 aliphatic carbocycles. The molecule has 3 rings (SSSR count). The fourth-order valence-electron chi connectivity index (χ4n) is 2.06. The van der Waals surface area contributed by atoms with Gasteiger partial charge in [0.05, 0.1) is 10.2 Å². The summed E-state index contributed by atoms with van der Waals surface area (Å²) in [5.74, 6) is -0.104. The van der Waals surface area contributed by atoms with Gasteiger partial charge in [-0.2, -0.15) is 0 Å². The first-order valence-electron chi connectivity index (χ1n) is 6.22. The number of amides is 1. The summed E-state index contributed by atoms with van der Waals surface area (Å²) in [6.07, 6.45) is 3.66. The van der Waals surface area contributed by atoms with Gasteiger partial charge >= 0.3 is 0 Å². The van der Waals surface area contributed by atoms with Gasteiger partial charge in [0.25, 0.3) is 0 Å². The fraction of sp³-hybridized carbons (Fsp3) is 0.133. The molecule has 100 valence electrons. The van der Waals surface area contributed by atoms with E-state index in [0.29, 0.717) is 5.13 Å². The Morgan fingerprint density at radius 3 is 2.90 bits per heavy atom. The molecular weight excluding hydrogens is 270 g/mol. The third-order valence-electron chi connectivity index (χ3n) is 3.02. The Labute approximate surface area is 120 Å². The van der Waals surface area contributed by atoms with Gasteiger partial charge in [0, 0.05) is 24.9 Å². The summed E-state index contributed by atoms with van der Waals surface area (Å²) >= 11 is 1.48. The zero-order chi connectivity index (χ0) is 14.1. The van der Waals surface area contributed by atoms with Crippen molar-refractivity contribution in [3.05, 3.63) is 42.2 Å². The van der Waals surface area contributed by atoms with E-state index in [2.05, 4.69) is 28.3 Å². The Morgan fingerprint density at radius 2 is 2.15 bits per heavy atom. The number of carbonyl (C=O) groups excluding carboxylic acids is 1. The van der Waals surface area contributed by atoms with E-state index in [0.717, 1.165) is 21.3 Å². The molecule has 5 heteroatoms. The number of pyridine rings is 1. The summed E-state index contributed by atoms with van der Waals surface area (Å²) in [4.78, 5) is 19.6. The minimum absolute atomic E-state index is 0.104. The molecule has 0 radical (unpaired) electrons. The molecule has 1 N–H and O–H groups in total. The van der Waals surface area contributed by atoms with Crippen LogP contribution in [0.25, 0.3) is 21.3 Å². The smallest absolute Gasteiger partial charge is 0.223 e. The molecule has 1 amide bonds. The summed E-state index contributed by atoms with van der Waals surface area (Å²) in [6, 6.07) is 8.08. The lowest BCUT2D eigenvalue weighted by Crippen LogP contribution is -2.04. The number of fused-ring (bicyclic) bond motifs is 1. The third kappa shape index (κ3) is 2.40. The van der Waals surface area contributed by atoms with Crippen LogP contribution in [0.3, 0.4) is 0 Å². The Morgan fingerprint density at radius 1 is 1.30 bits per heavy atom. The molecule has 2 aromatic heterocycles. The summed E-state index contributed by atoms with van der Waals surface area (Å²) in [5.41, 5.74) is 4.31. The van der Waals surface area contributed by atoms with Crippen molar-refractivity contribution in [2.24, 2.45) is 0 Å². The first kappa shape index (κ1) is 12.7. The van der Waals surface area contributed by atoms with Crippen LogP contribution in [0.2, 0.25) is 0 Å². The Kier molecular flexibility index (Phi) is 3.20. The second-order valence-electron chi connectivity index (χ2n) is 4.57.